The average Bonchev–Trinajstić information content (AvgIpc) is 2.78. The molecule has 3 fully saturated rings. The maximum Gasteiger partial charge on any atom is 0.169 e. The van der Waals surface area contributed by atoms with Gasteiger partial charge in [-0.1, -0.05) is 6.42 Å². The SMILES string of the molecule is O[C@@H]1C[C@@H]([C@H]2COC3(CCCCC3)O2)OC[C@@H]1O. The van der Waals surface area contributed by atoms with Crippen LogP contribution >= 0.6 is 0 Å². The Balaban J connectivity index is 1.58. The van der Waals surface area contributed by atoms with E-state index in [2.05, 4.69) is 0 Å². The first-order valence-electron chi connectivity index (χ1n) is 6.98. The quantitative estimate of drug-likeness (QED) is 0.720. The predicted octanol–water partition coefficient (Wildman–Crippen LogP) is 0.573. The van der Waals surface area contributed by atoms with Crippen molar-refractivity contribution in [1.82, 2.24) is 0 Å². The lowest BCUT2D eigenvalue weighted by molar-refractivity contribution is -0.211. The third kappa shape index (κ3) is 2.42. The minimum atomic E-state index is -0.771. The number of rotatable bonds is 1. The zero-order chi connectivity index (χ0) is 12.6. The van der Waals surface area contributed by atoms with E-state index in [0.29, 0.717) is 13.0 Å². The number of aliphatic hydroxyl groups is 2. The number of ether oxygens (including phenoxy) is 3. The first-order chi connectivity index (χ1) is 8.69. The predicted molar refractivity (Wildman–Crippen MR) is 63.0 cm³/mol. The van der Waals surface area contributed by atoms with Gasteiger partial charge in [-0.3, -0.25) is 0 Å². The molecule has 0 unspecified atom stereocenters. The van der Waals surface area contributed by atoms with Gasteiger partial charge in [-0.05, 0) is 12.8 Å². The molecule has 0 aromatic carbocycles. The van der Waals surface area contributed by atoms with E-state index in [-0.39, 0.29) is 18.8 Å². The molecule has 5 nitrogen and oxygen atoms in total. The van der Waals surface area contributed by atoms with Crippen LogP contribution in [0.3, 0.4) is 0 Å². The van der Waals surface area contributed by atoms with Gasteiger partial charge >= 0.3 is 0 Å². The number of hydrogen-bond donors (Lipinski definition) is 2. The topological polar surface area (TPSA) is 68.2 Å². The molecule has 0 aromatic rings. The first kappa shape index (κ1) is 12.8. The Morgan fingerprint density at radius 2 is 1.67 bits per heavy atom. The fourth-order valence-corrected chi connectivity index (χ4v) is 3.17. The second-order valence-corrected chi connectivity index (χ2v) is 5.68. The molecule has 4 atom stereocenters. The molecule has 2 heterocycles. The van der Waals surface area contributed by atoms with E-state index in [1.807, 2.05) is 0 Å². The van der Waals surface area contributed by atoms with Crippen LogP contribution in [-0.2, 0) is 14.2 Å². The highest BCUT2D eigenvalue weighted by Gasteiger charge is 2.46. The van der Waals surface area contributed by atoms with Crippen molar-refractivity contribution in [2.45, 2.75) is 68.7 Å². The van der Waals surface area contributed by atoms with Crippen molar-refractivity contribution in [3.8, 4) is 0 Å². The van der Waals surface area contributed by atoms with Crippen LogP contribution in [0.2, 0.25) is 0 Å². The molecule has 2 saturated heterocycles. The van der Waals surface area contributed by atoms with Crippen molar-refractivity contribution >= 4 is 0 Å². The van der Waals surface area contributed by atoms with Gasteiger partial charge in [0.2, 0.25) is 0 Å². The summed E-state index contributed by atoms with van der Waals surface area (Å²) in [7, 11) is 0. The normalized spacial score (nSPS) is 44.3. The smallest absolute Gasteiger partial charge is 0.169 e. The Hall–Kier alpha value is -0.200. The van der Waals surface area contributed by atoms with Gasteiger partial charge in [0.15, 0.2) is 5.79 Å². The molecule has 2 aliphatic heterocycles. The van der Waals surface area contributed by atoms with Gasteiger partial charge in [-0.2, -0.15) is 0 Å². The van der Waals surface area contributed by atoms with E-state index in [1.165, 1.54) is 6.42 Å². The minimum absolute atomic E-state index is 0.106. The van der Waals surface area contributed by atoms with Gasteiger partial charge in [0, 0.05) is 19.3 Å². The molecule has 1 spiro atoms. The van der Waals surface area contributed by atoms with Crippen LogP contribution in [0.5, 0.6) is 0 Å². The van der Waals surface area contributed by atoms with Crippen LogP contribution < -0.4 is 0 Å². The Labute approximate surface area is 107 Å². The molecule has 0 amide bonds. The van der Waals surface area contributed by atoms with Crippen molar-refractivity contribution in [2.24, 2.45) is 0 Å². The van der Waals surface area contributed by atoms with E-state index in [9.17, 15) is 10.2 Å². The molecule has 5 heteroatoms. The summed E-state index contributed by atoms with van der Waals surface area (Å²) in [6.07, 6.45) is 4.15. The Bertz CT molecular complexity index is 289. The summed E-state index contributed by atoms with van der Waals surface area (Å²) in [6.45, 7) is 0.714. The van der Waals surface area contributed by atoms with E-state index in [4.69, 9.17) is 14.2 Å². The lowest BCUT2D eigenvalue weighted by Gasteiger charge is -2.35. The fraction of sp³-hybridized carbons (Fsp3) is 1.00. The summed E-state index contributed by atoms with van der Waals surface area (Å²) < 4.78 is 17.5. The third-order valence-corrected chi connectivity index (χ3v) is 4.31. The van der Waals surface area contributed by atoms with Crippen molar-refractivity contribution in [2.75, 3.05) is 13.2 Å². The summed E-state index contributed by atoms with van der Waals surface area (Å²) in [5.74, 6) is -0.396. The van der Waals surface area contributed by atoms with Crippen molar-refractivity contribution in [1.29, 1.82) is 0 Å². The number of aliphatic hydroxyl groups excluding tert-OH is 2. The lowest BCUT2D eigenvalue weighted by Crippen LogP contribution is -2.47. The lowest BCUT2D eigenvalue weighted by atomic mass is 9.94. The van der Waals surface area contributed by atoms with Crippen LogP contribution in [0.1, 0.15) is 38.5 Å². The zero-order valence-corrected chi connectivity index (χ0v) is 10.6. The monoisotopic (exact) mass is 258 g/mol. The average molecular weight is 258 g/mol. The molecule has 3 rings (SSSR count). The van der Waals surface area contributed by atoms with E-state index in [0.717, 1.165) is 25.7 Å². The molecule has 104 valence electrons. The minimum Gasteiger partial charge on any atom is -0.390 e. The van der Waals surface area contributed by atoms with Gasteiger partial charge in [0.25, 0.3) is 0 Å². The molecule has 2 N–H and O–H groups in total. The molecular weight excluding hydrogens is 236 g/mol. The molecular formula is C13H22O5. The van der Waals surface area contributed by atoms with E-state index >= 15 is 0 Å². The van der Waals surface area contributed by atoms with Crippen LogP contribution in [-0.4, -0.2) is 53.6 Å². The molecule has 0 bridgehead atoms. The maximum atomic E-state index is 9.68. The van der Waals surface area contributed by atoms with Crippen molar-refractivity contribution < 1.29 is 24.4 Å². The van der Waals surface area contributed by atoms with Crippen molar-refractivity contribution in [3.63, 3.8) is 0 Å². The van der Waals surface area contributed by atoms with Gasteiger partial charge < -0.3 is 24.4 Å². The molecule has 18 heavy (non-hydrogen) atoms. The summed E-state index contributed by atoms with van der Waals surface area (Å²) >= 11 is 0. The third-order valence-electron chi connectivity index (χ3n) is 4.31. The van der Waals surface area contributed by atoms with Gasteiger partial charge in [0.05, 0.1) is 25.4 Å². The van der Waals surface area contributed by atoms with Crippen LogP contribution in [0.15, 0.2) is 0 Å². The van der Waals surface area contributed by atoms with Gasteiger partial charge in [-0.25, -0.2) is 0 Å². The highest BCUT2D eigenvalue weighted by Crippen LogP contribution is 2.39. The summed E-state index contributed by atoms with van der Waals surface area (Å²) in [5.41, 5.74) is 0. The Morgan fingerprint density at radius 1 is 0.889 bits per heavy atom. The molecule has 1 saturated carbocycles. The second kappa shape index (κ2) is 5.06. The van der Waals surface area contributed by atoms with Gasteiger partial charge in [-0.15, -0.1) is 0 Å². The first-order valence-corrected chi connectivity index (χ1v) is 6.98. The maximum absolute atomic E-state index is 9.68. The molecule has 3 aliphatic rings. The Kier molecular flexibility index (Phi) is 3.60. The van der Waals surface area contributed by atoms with Crippen LogP contribution in [0, 0.1) is 0 Å². The summed E-state index contributed by atoms with van der Waals surface area (Å²) in [6, 6.07) is 0. The van der Waals surface area contributed by atoms with E-state index < -0.39 is 18.0 Å². The van der Waals surface area contributed by atoms with Crippen molar-refractivity contribution in [3.05, 3.63) is 0 Å². The highest BCUT2D eigenvalue weighted by atomic mass is 16.8. The molecule has 0 radical (unpaired) electrons. The molecule has 1 aliphatic carbocycles. The largest absolute Gasteiger partial charge is 0.390 e. The summed E-state index contributed by atoms with van der Waals surface area (Å²) in [5, 5.41) is 19.1. The number of hydrogen-bond acceptors (Lipinski definition) is 5. The molecule has 0 aromatic heterocycles. The second-order valence-electron chi connectivity index (χ2n) is 5.68. The Morgan fingerprint density at radius 3 is 2.39 bits per heavy atom. The van der Waals surface area contributed by atoms with E-state index in [1.54, 1.807) is 0 Å². The van der Waals surface area contributed by atoms with Crippen LogP contribution in [0.25, 0.3) is 0 Å². The standard InChI is InChI=1S/C13H22O5/c14-9-6-11(16-7-10(9)15)12-8-17-13(18-12)4-2-1-3-5-13/h9-12,14-15H,1-8H2/t9-,10+,11+,12-/m1/s1. The highest BCUT2D eigenvalue weighted by molar-refractivity contribution is 4.89. The fourth-order valence-electron chi connectivity index (χ4n) is 3.17. The van der Waals surface area contributed by atoms with Gasteiger partial charge in [0.1, 0.15) is 12.2 Å². The zero-order valence-electron chi connectivity index (χ0n) is 10.6. The summed E-state index contributed by atoms with van der Waals surface area (Å²) in [4.78, 5) is 0. The van der Waals surface area contributed by atoms with Crippen LogP contribution in [0.4, 0.5) is 0 Å².